The summed E-state index contributed by atoms with van der Waals surface area (Å²) in [5.74, 6) is 0.974. The predicted octanol–water partition coefficient (Wildman–Crippen LogP) is 3.15. The number of methoxy groups -OCH3 is 1. The monoisotopic (exact) mass is 288 g/mol. The second-order valence-corrected chi connectivity index (χ2v) is 6.41. The molecule has 1 aliphatic heterocycles. The number of benzene rings is 1. The third-order valence-electron chi connectivity index (χ3n) is 5.17. The Kier molecular flexibility index (Phi) is 4.81. The number of hydrogen-bond donors (Lipinski definition) is 1. The van der Waals surface area contributed by atoms with E-state index < -0.39 is 0 Å². The highest BCUT2D eigenvalue weighted by Crippen LogP contribution is 2.37. The Labute approximate surface area is 128 Å². The molecule has 3 rings (SSSR count). The van der Waals surface area contributed by atoms with Gasteiger partial charge in [-0.1, -0.05) is 25.3 Å². The Bertz CT molecular complexity index is 466. The zero-order valence-electron chi connectivity index (χ0n) is 13.4. The first kappa shape index (κ1) is 14.9. The van der Waals surface area contributed by atoms with E-state index in [1.165, 1.54) is 62.7 Å². The second kappa shape index (κ2) is 6.80. The summed E-state index contributed by atoms with van der Waals surface area (Å²) in [6.07, 6.45) is 8.10. The van der Waals surface area contributed by atoms with Crippen LogP contribution in [0.3, 0.4) is 0 Å². The van der Waals surface area contributed by atoms with Crippen LogP contribution in [0.1, 0.15) is 49.3 Å². The summed E-state index contributed by atoms with van der Waals surface area (Å²) in [6, 6.07) is 7.62. The van der Waals surface area contributed by atoms with Crippen molar-refractivity contribution in [3.05, 3.63) is 29.3 Å². The molecule has 0 spiro atoms. The number of rotatable bonds is 3. The summed E-state index contributed by atoms with van der Waals surface area (Å²) in [5.41, 5.74) is 2.92. The van der Waals surface area contributed by atoms with Gasteiger partial charge in [-0.15, -0.1) is 0 Å². The Hall–Kier alpha value is -1.06. The van der Waals surface area contributed by atoms with Crippen LogP contribution in [-0.2, 0) is 6.42 Å². The SMILES string of the molecule is CNC1c2cc(OC)ccc2CC1N1CCCCCCC1. The third kappa shape index (κ3) is 3.09. The van der Waals surface area contributed by atoms with E-state index in [9.17, 15) is 0 Å². The topological polar surface area (TPSA) is 24.5 Å². The fourth-order valence-electron chi connectivity index (χ4n) is 4.02. The molecule has 0 radical (unpaired) electrons. The van der Waals surface area contributed by atoms with Crippen LogP contribution < -0.4 is 10.1 Å². The van der Waals surface area contributed by atoms with Crippen LogP contribution in [0.4, 0.5) is 0 Å². The van der Waals surface area contributed by atoms with Crippen molar-refractivity contribution >= 4 is 0 Å². The van der Waals surface area contributed by atoms with Crippen LogP contribution in [0.15, 0.2) is 18.2 Å². The third-order valence-corrected chi connectivity index (χ3v) is 5.17. The maximum atomic E-state index is 5.41. The van der Waals surface area contributed by atoms with Crippen molar-refractivity contribution in [2.75, 3.05) is 27.2 Å². The van der Waals surface area contributed by atoms with E-state index in [1.807, 2.05) is 0 Å². The van der Waals surface area contributed by atoms with E-state index in [1.54, 1.807) is 7.11 Å². The first-order chi connectivity index (χ1) is 10.3. The fraction of sp³-hybridized carbons (Fsp3) is 0.667. The summed E-state index contributed by atoms with van der Waals surface area (Å²) in [6.45, 7) is 2.52. The molecule has 1 aliphatic carbocycles. The molecule has 1 aromatic carbocycles. The molecule has 1 fully saturated rings. The lowest BCUT2D eigenvalue weighted by Crippen LogP contribution is -2.43. The second-order valence-electron chi connectivity index (χ2n) is 6.41. The van der Waals surface area contributed by atoms with Crippen molar-refractivity contribution in [1.29, 1.82) is 0 Å². The highest BCUT2D eigenvalue weighted by Gasteiger charge is 2.35. The normalized spacial score (nSPS) is 27.0. The zero-order valence-corrected chi connectivity index (χ0v) is 13.4. The number of hydrogen-bond acceptors (Lipinski definition) is 3. The van der Waals surface area contributed by atoms with Gasteiger partial charge in [-0.25, -0.2) is 0 Å². The Morgan fingerprint density at radius 3 is 2.48 bits per heavy atom. The summed E-state index contributed by atoms with van der Waals surface area (Å²) in [4.78, 5) is 2.73. The smallest absolute Gasteiger partial charge is 0.119 e. The fourth-order valence-corrected chi connectivity index (χ4v) is 4.02. The summed E-state index contributed by atoms with van der Waals surface area (Å²) in [5, 5.41) is 3.56. The van der Waals surface area contributed by atoms with Gasteiger partial charge in [0.2, 0.25) is 0 Å². The van der Waals surface area contributed by atoms with E-state index in [2.05, 4.69) is 35.5 Å². The van der Waals surface area contributed by atoms with Crippen LogP contribution in [0.5, 0.6) is 5.75 Å². The number of fused-ring (bicyclic) bond motifs is 1. The van der Waals surface area contributed by atoms with E-state index >= 15 is 0 Å². The van der Waals surface area contributed by atoms with Crippen molar-refractivity contribution in [2.45, 2.75) is 50.6 Å². The largest absolute Gasteiger partial charge is 0.497 e. The molecule has 3 nitrogen and oxygen atoms in total. The number of ether oxygens (including phenoxy) is 1. The Balaban J connectivity index is 1.80. The van der Waals surface area contributed by atoms with Gasteiger partial charge < -0.3 is 10.1 Å². The van der Waals surface area contributed by atoms with Crippen molar-refractivity contribution in [3.63, 3.8) is 0 Å². The van der Waals surface area contributed by atoms with Crippen LogP contribution in [0.25, 0.3) is 0 Å². The molecular formula is C18H28N2O. The molecule has 1 saturated heterocycles. The molecule has 2 aliphatic rings. The lowest BCUT2D eigenvalue weighted by atomic mass is 10.0. The van der Waals surface area contributed by atoms with E-state index in [0.29, 0.717) is 12.1 Å². The molecule has 0 aromatic heterocycles. The molecule has 2 unspecified atom stereocenters. The molecule has 1 aromatic rings. The summed E-state index contributed by atoms with van der Waals surface area (Å²) in [7, 11) is 3.84. The van der Waals surface area contributed by atoms with Crippen molar-refractivity contribution < 1.29 is 4.74 Å². The van der Waals surface area contributed by atoms with E-state index in [4.69, 9.17) is 4.74 Å². The first-order valence-corrected chi connectivity index (χ1v) is 8.41. The summed E-state index contributed by atoms with van der Waals surface area (Å²) >= 11 is 0. The highest BCUT2D eigenvalue weighted by atomic mass is 16.5. The number of nitrogens with one attached hydrogen (secondary N) is 1. The standard InChI is InChI=1S/C18H28N2O/c1-19-18-16-13-15(21-2)9-8-14(16)12-17(18)20-10-6-4-3-5-7-11-20/h8-9,13,17-19H,3-7,10-12H2,1-2H3. The lowest BCUT2D eigenvalue weighted by Gasteiger charge is -2.34. The molecular weight excluding hydrogens is 260 g/mol. The highest BCUT2D eigenvalue weighted by molar-refractivity contribution is 5.42. The van der Waals surface area contributed by atoms with Crippen LogP contribution in [0, 0.1) is 0 Å². The molecule has 3 heteroatoms. The van der Waals surface area contributed by atoms with E-state index in [-0.39, 0.29) is 0 Å². The van der Waals surface area contributed by atoms with Gasteiger partial charge in [-0.2, -0.15) is 0 Å². The predicted molar refractivity (Wildman–Crippen MR) is 86.9 cm³/mol. The lowest BCUT2D eigenvalue weighted by molar-refractivity contribution is 0.155. The Morgan fingerprint density at radius 2 is 1.81 bits per heavy atom. The molecule has 0 amide bonds. The van der Waals surface area contributed by atoms with E-state index in [0.717, 1.165) is 5.75 Å². The van der Waals surface area contributed by atoms with Crippen molar-refractivity contribution in [2.24, 2.45) is 0 Å². The van der Waals surface area contributed by atoms with Gasteiger partial charge in [0.25, 0.3) is 0 Å². The van der Waals surface area contributed by atoms with Gasteiger partial charge in [0.1, 0.15) is 5.75 Å². The minimum atomic E-state index is 0.439. The van der Waals surface area contributed by atoms with Crippen molar-refractivity contribution in [3.8, 4) is 5.75 Å². The molecule has 2 atom stereocenters. The Morgan fingerprint density at radius 1 is 1.10 bits per heavy atom. The van der Waals surface area contributed by atoms with Crippen LogP contribution in [-0.4, -0.2) is 38.2 Å². The molecule has 0 bridgehead atoms. The first-order valence-electron chi connectivity index (χ1n) is 8.41. The number of likely N-dealkylation sites (tertiary alicyclic amines) is 1. The van der Waals surface area contributed by atoms with Crippen LogP contribution in [0.2, 0.25) is 0 Å². The average Bonchev–Trinajstić information content (AvgIpc) is 2.84. The number of nitrogens with zero attached hydrogens (tertiary/aromatic N) is 1. The van der Waals surface area contributed by atoms with Crippen molar-refractivity contribution in [1.82, 2.24) is 10.2 Å². The molecule has 1 N–H and O–H groups in total. The van der Waals surface area contributed by atoms with Gasteiger partial charge in [-0.3, -0.25) is 4.90 Å². The molecule has 21 heavy (non-hydrogen) atoms. The zero-order chi connectivity index (χ0) is 14.7. The maximum absolute atomic E-state index is 5.41. The minimum Gasteiger partial charge on any atom is -0.497 e. The number of likely N-dealkylation sites (N-methyl/N-ethyl adjacent to an activating group) is 1. The molecule has 0 saturated carbocycles. The maximum Gasteiger partial charge on any atom is 0.119 e. The quantitative estimate of drug-likeness (QED) is 0.924. The summed E-state index contributed by atoms with van der Waals surface area (Å²) < 4.78 is 5.41. The van der Waals surface area contributed by atoms with Gasteiger partial charge >= 0.3 is 0 Å². The van der Waals surface area contributed by atoms with Crippen LogP contribution >= 0.6 is 0 Å². The minimum absolute atomic E-state index is 0.439. The molecule has 116 valence electrons. The average molecular weight is 288 g/mol. The van der Waals surface area contributed by atoms with Gasteiger partial charge in [0.05, 0.1) is 7.11 Å². The van der Waals surface area contributed by atoms with Gasteiger partial charge in [-0.05, 0) is 62.7 Å². The molecule has 1 heterocycles. The van der Waals surface area contributed by atoms with Gasteiger partial charge in [0, 0.05) is 12.1 Å². The van der Waals surface area contributed by atoms with Gasteiger partial charge in [0.15, 0.2) is 0 Å².